The molecular weight excluding hydrogens is 322 g/mol. The molecule has 0 unspecified atom stereocenters. The van der Waals surface area contributed by atoms with Gasteiger partial charge in [-0.15, -0.1) is 10.2 Å². The summed E-state index contributed by atoms with van der Waals surface area (Å²) in [4.78, 5) is 16.1. The summed E-state index contributed by atoms with van der Waals surface area (Å²) in [6.45, 7) is 1.72. The van der Waals surface area contributed by atoms with Gasteiger partial charge in [0.05, 0.1) is 5.69 Å². The maximum Gasteiger partial charge on any atom is 0.279 e. The molecule has 3 aromatic heterocycles. The first-order valence-corrected chi connectivity index (χ1v) is 8.12. The molecule has 1 amide bonds. The standard InChI is InChI=1S/C13H11N5O2S2/c1-8-6-10(18-20-8)11(19)15-12-16-17-13(22-12)21-7-9-4-2-3-5-14-9/h2-6H,7H2,1H3,(H,15,16,19). The third kappa shape index (κ3) is 3.68. The third-order valence-corrected chi connectivity index (χ3v) is 4.56. The molecule has 112 valence electrons. The number of pyridine rings is 1. The predicted molar refractivity (Wildman–Crippen MR) is 82.9 cm³/mol. The fourth-order valence-corrected chi connectivity index (χ4v) is 3.23. The van der Waals surface area contributed by atoms with E-state index >= 15 is 0 Å². The van der Waals surface area contributed by atoms with Crippen LogP contribution in [0.1, 0.15) is 21.9 Å². The van der Waals surface area contributed by atoms with E-state index in [4.69, 9.17) is 4.52 Å². The van der Waals surface area contributed by atoms with Crippen molar-refractivity contribution in [2.45, 2.75) is 17.0 Å². The highest BCUT2D eigenvalue weighted by Gasteiger charge is 2.14. The van der Waals surface area contributed by atoms with Gasteiger partial charge in [-0.05, 0) is 19.1 Å². The van der Waals surface area contributed by atoms with Crippen molar-refractivity contribution in [3.63, 3.8) is 0 Å². The molecule has 0 bridgehead atoms. The summed E-state index contributed by atoms with van der Waals surface area (Å²) >= 11 is 2.82. The van der Waals surface area contributed by atoms with Crippen molar-refractivity contribution in [1.82, 2.24) is 20.3 Å². The van der Waals surface area contributed by atoms with Crippen LogP contribution in [0.3, 0.4) is 0 Å². The number of hydrogen-bond donors (Lipinski definition) is 1. The molecule has 0 aliphatic heterocycles. The molecule has 0 fully saturated rings. The van der Waals surface area contributed by atoms with Crippen LogP contribution in [0.4, 0.5) is 5.13 Å². The number of carbonyl (C=O) groups is 1. The highest BCUT2D eigenvalue weighted by atomic mass is 32.2. The molecule has 0 atom stereocenters. The Morgan fingerprint density at radius 2 is 2.32 bits per heavy atom. The first-order valence-electron chi connectivity index (χ1n) is 6.31. The van der Waals surface area contributed by atoms with Crippen molar-refractivity contribution in [3.05, 3.63) is 47.6 Å². The van der Waals surface area contributed by atoms with Gasteiger partial charge in [0.15, 0.2) is 10.0 Å². The Hall–Kier alpha value is -2.26. The Morgan fingerprint density at radius 1 is 1.41 bits per heavy atom. The number of aromatic nitrogens is 4. The number of carbonyl (C=O) groups excluding carboxylic acids is 1. The minimum Gasteiger partial charge on any atom is -0.361 e. The molecular formula is C13H11N5O2S2. The average Bonchev–Trinajstić information content (AvgIpc) is 3.15. The predicted octanol–water partition coefficient (Wildman–Crippen LogP) is 2.77. The van der Waals surface area contributed by atoms with E-state index in [0.717, 1.165) is 10.0 Å². The zero-order valence-electron chi connectivity index (χ0n) is 11.5. The van der Waals surface area contributed by atoms with Crippen LogP contribution in [0.15, 0.2) is 39.3 Å². The van der Waals surface area contributed by atoms with E-state index in [9.17, 15) is 4.79 Å². The van der Waals surface area contributed by atoms with E-state index in [1.54, 1.807) is 19.2 Å². The molecule has 3 rings (SSSR count). The second-order valence-electron chi connectivity index (χ2n) is 4.26. The van der Waals surface area contributed by atoms with Gasteiger partial charge in [0, 0.05) is 18.0 Å². The highest BCUT2D eigenvalue weighted by molar-refractivity contribution is 8.00. The van der Waals surface area contributed by atoms with Crippen LogP contribution in [0.25, 0.3) is 0 Å². The molecule has 0 saturated carbocycles. The Balaban J connectivity index is 1.58. The van der Waals surface area contributed by atoms with Crippen LogP contribution in [0.5, 0.6) is 0 Å². The number of aryl methyl sites for hydroxylation is 1. The molecule has 0 aromatic carbocycles. The van der Waals surface area contributed by atoms with Gasteiger partial charge in [0.1, 0.15) is 5.76 Å². The van der Waals surface area contributed by atoms with E-state index in [0.29, 0.717) is 16.6 Å². The van der Waals surface area contributed by atoms with E-state index in [-0.39, 0.29) is 11.6 Å². The highest BCUT2D eigenvalue weighted by Crippen LogP contribution is 2.27. The lowest BCUT2D eigenvalue weighted by atomic mass is 10.4. The van der Waals surface area contributed by atoms with Gasteiger partial charge in [-0.1, -0.05) is 34.3 Å². The van der Waals surface area contributed by atoms with E-state index < -0.39 is 0 Å². The molecule has 0 aliphatic carbocycles. The van der Waals surface area contributed by atoms with E-state index in [2.05, 4.69) is 25.7 Å². The van der Waals surface area contributed by atoms with Gasteiger partial charge in [-0.3, -0.25) is 15.1 Å². The van der Waals surface area contributed by atoms with Gasteiger partial charge < -0.3 is 4.52 Å². The lowest BCUT2D eigenvalue weighted by Crippen LogP contribution is -2.11. The smallest absolute Gasteiger partial charge is 0.279 e. The van der Waals surface area contributed by atoms with E-state index in [1.165, 1.54) is 23.1 Å². The maximum absolute atomic E-state index is 11.9. The Labute approximate surface area is 134 Å². The van der Waals surface area contributed by atoms with Crippen molar-refractivity contribution in [2.24, 2.45) is 0 Å². The fraction of sp³-hybridized carbons (Fsp3) is 0.154. The topological polar surface area (TPSA) is 93.8 Å². The maximum atomic E-state index is 11.9. The molecule has 0 radical (unpaired) electrons. The van der Waals surface area contributed by atoms with Gasteiger partial charge in [-0.2, -0.15) is 0 Å². The largest absolute Gasteiger partial charge is 0.361 e. The van der Waals surface area contributed by atoms with Crippen LogP contribution in [-0.4, -0.2) is 26.2 Å². The number of rotatable bonds is 5. The Morgan fingerprint density at radius 3 is 3.05 bits per heavy atom. The quantitative estimate of drug-likeness (QED) is 0.566. The third-order valence-electron chi connectivity index (χ3n) is 2.56. The summed E-state index contributed by atoms with van der Waals surface area (Å²) in [5.41, 5.74) is 1.18. The normalized spacial score (nSPS) is 10.6. The Bertz CT molecular complexity index is 772. The molecule has 7 nitrogen and oxygen atoms in total. The summed E-state index contributed by atoms with van der Waals surface area (Å²) in [5.74, 6) is 0.912. The van der Waals surface area contributed by atoms with Crippen molar-refractivity contribution < 1.29 is 9.32 Å². The Kier molecular flexibility index (Phi) is 4.45. The minimum absolute atomic E-state index is 0.218. The summed E-state index contributed by atoms with van der Waals surface area (Å²) < 4.78 is 5.62. The first-order chi connectivity index (χ1) is 10.7. The minimum atomic E-state index is -0.366. The molecule has 0 aliphatic rings. The molecule has 9 heteroatoms. The SMILES string of the molecule is Cc1cc(C(=O)Nc2nnc(SCc3ccccn3)s2)no1. The van der Waals surface area contributed by atoms with Crippen LogP contribution >= 0.6 is 23.1 Å². The van der Waals surface area contributed by atoms with Crippen molar-refractivity contribution in [2.75, 3.05) is 5.32 Å². The number of hydrogen-bond acceptors (Lipinski definition) is 8. The summed E-state index contributed by atoms with van der Waals surface area (Å²) in [7, 11) is 0. The monoisotopic (exact) mass is 333 g/mol. The van der Waals surface area contributed by atoms with Crippen LogP contribution < -0.4 is 5.32 Å². The van der Waals surface area contributed by atoms with Crippen molar-refractivity contribution >= 4 is 34.1 Å². The van der Waals surface area contributed by atoms with Crippen molar-refractivity contribution in [1.29, 1.82) is 0 Å². The zero-order chi connectivity index (χ0) is 15.4. The molecule has 0 spiro atoms. The van der Waals surface area contributed by atoms with E-state index in [1.807, 2.05) is 18.2 Å². The molecule has 1 N–H and O–H groups in total. The fourth-order valence-electron chi connectivity index (χ4n) is 1.57. The van der Waals surface area contributed by atoms with Crippen molar-refractivity contribution in [3.8, 4) is 0 Å². The summed E-state index contributed by atoms with van der Waals surface area (Å²) in [6, 6.07) is 7.32. The van der Waals surface area contributed by atoms with Gasteiger partial charge in [0.25, 0.3) is 5.91 Å². The summed E-state index contributed by atoms with van der Waals surface area (Å²) in [6.07, 6.45) is 1.75. The second kappa shape index (κ2) is 6.67. The van der Waals surface area contributed by atoms with Crippen LogP contribution in [-0.2, 0) is 5.75 Å². The molecule has 3 aromatic rings. The molecule has 3 heterocycles. The number of nitrogens with one attached hydrogen (secondary N) is 1. The number of amides is 1. The van der Waals surface area contributed by atoms with Crippen LogP contribution in [0.2, 0.25) is 0 Å². The van der Waals surface area contributed by atoms with Gasteiger partial charge >= 0.3 is 0 Å². The van der Waals surface area contributed by atoms with Gasteiger partial charge in [0.2, 0.25) is 5.13 Å². The number of thioether (sulfide) groups is 1. The van der Waals surface area contributed by atoms with Gasteiger partial charge in [-0.25, -0.2) is 0 Å². The number of anilines is 1. The molecule has 0 saturated heterocycles. The summed E-state index contributed by atoms with van der Waals surface area (Å²) in [5, 5.41) is 14.7. The molecule has 22 heavy (non-hydrogen) atoms. The van der Waals surface area contributed by atoms with Crippen LogP contribution in [0, 0.1) is 6.92 Å². The number of nitrogens with zero attached hydrogens (tertiary/aromatic N) is 4. The lowest BCUT2D eigenvalue weighted by molar-refractivity contribution is 0.101. The second-order valence-corrected chi connectivity index (χ2v) is 6.46. The lowest BCUT2D eigenvalue weighted by Gasteiger charge is -1.96. The zero-order valence-corrected chi connectivity index (χ0v) is 13.1. The average molecular weight is 333 g/mol. The first kappa shape index (κ1) is 14.7.